The summed E-state index contributed by atoms with van der Waals surface area (Å²) in [7, 11) is 0. The Bertz CT molecular complexity index is 719. The number of halogens is 1. The molecule has 2 aromatic rings. The minimum absolute atomic E-state index is 0.0811. The number of amides is 1. The Balaban J connectivity index is 1.88. The summed E-state index contributed by atoms with van der Waals surface area (Å²) in [6, 6.07) is 14.4. The van der Waals surface area contributed by atoms with E-state index in [-0.39, 0.29) is 5.91 Å². The molecule has 0 aromatic heterocycles. The van der Waals surface area contributed by atoms with Crippen LogP contribution >= 0.6 is 15.9 Å². The smallest absolute Gasteiger partial charge is 0.251 e. The maximum Gasteiger partial charge on any atom is 0.251 e. The van der Waals surface area contributed by atoms with Crippen LogP contribution in [0.2, 0.25) is 0 Å². The largest absolute Gasteiger partial charge is 0.370 e. The van der Waals surface area contributed by atoms with E-state index >= 15 is 0 Å². The van der Waals surface area contributed by atoms with E-state index < -0.39 is 6.04 Å². The van der Waals surface area contributed by atoms with E-state index in [1.54, 1.807) is 24.3 Å². The molecule has 1 heterocycles. The summed E-state index contributed by atoms with van der Waals surface area (Å²) < 4.78 is 0.926. The van der Waals surface area contributed by atoms with Crippen LogP contribution in [0.5, 0.6) is 0 Å². The maximum atomic E-state index is 12.0. The van der Waals surface area contributed by atoms with Gasteiger partial charge in [-0.15, -0.1) is 0 Å². The molecular weight excluding hydrogens is 318 g/mol. The van der Waals surface area contributed by atoms with Crippen molar-refractivity contribution < 1.29 is 4.79 Å². The second-order valence-electron chi connectivity index (χ2n) is 4.49. The Morgan fingerprint density at radius 1 is 1.20 bits per heavy atom. The molecule has 5 heteroatoms. The second-order valence-corrected chi connectivity index (χ2v) is 5.40. The van der Waals surface area contributed by atoms with Crippen molar-refractivity contribution in [1.29, 1.82) is 5.26 Å². The number of hydrogen-bond donors (Lipinski definition) is 2. The summed E-state index contributed by atoms with van der Waals surface area (Å²) in [5, 5.41) is 14.8. The number of carbonyl (C=O) groups is 1. The van der Waals surface area contributed by atoms with Gasteiger partial charge in [0.15, 0.2) is 0 Å². The van der Waals surface area contributed by atoms with Gasteiger partial charge in [-0.2, -0.15) is 5.26 Å². The Labute approximate surface area is 124 Å². The van der Waals surface area contributed by atoms with Crippen LogP contribution in [-0.2, 0) is 4.79 Å². The highest BCUT2D eigenvalue weighted by molar-refractivity contribution is 9.10. The van der Waals surface area contributed by atoms with Gasteiger partial charge in [0.1, 0.15) is 6.04 Å². The van der Waals surface area contributed by atoms with Gasteiger partial charge >= 0.3 is 0 Å². The van der Waals surface area contributed by atoms with Crippen molar-refractivity contribution >= 4 is 33.2 Å². The van der Waals surface area contributed by atoms with Gasteiger partial charge in [0.25, 0.3) is 5.91 Å². The van der Waals surface area contributed by atoms with Gasteiger partial charge in [-0.05, 0) is 36.4 Å². The molecule has 0 saturated carbocycles. The lowest BCUT2D eigenvalue weighted by molar-refractivity contribution is -0.116. The summed E-state index contributed by atoms with van der Waals surface area (Å²) in [4.78, 5) is 12.0. The highest BCUT2D eigenvalue weighted by atomic mass is 79.9. The normalized spacial score (nSPS) is 16.2. The lowest BCUT2D eigenvalue weighted by atomic mass is 10.1. The Morgan fingerprint density at radius 3 is 2.65 bits per heavy atom. The minimum Gasteiger partial charge on any atom is -0.370 e. The number of fused-ring (bicyclic) bond motifs is 1. The molecule has 0 spiro atoms. The zero-order valence-electron chi connectivity index (χ0n) is 10.4. The van der Waals surface area contributed by atoms with Gasteiger partial charge in [0.05, 0.1) is 11.6 Å². The molecule has 0 fully saturated rings. The fourth-order valence-electron chi connectivity index (χ4n) is 2.19. The van der Waals surface area contributed by atoms with Crippen LogP contribution in [-0.4, -0.2) is 5.91 Å². The van der Waals surface area contributed by atoms with Crippen molar-refractivity contribution in [2.45, 2.75) is 6.04 Å². The summed E-state index contributed by atoms with van der Waals surface area (Å²) in [5.41, 5.74) is 3.13. The van der Waals surface area contributed by atoms with E-state index in [0.717, 1.165) is 21.4 Å². The molecular formula is C15H10BrN3O. The standard InChI is InChI=1S/C15H10BrN3O/c16-10-3-6-12-13(7-10)19-15(20)14(12)18-11-4-1-9(8-17)2-5-11/h1-7,14,18H,(H,19,20). The van der Waals surface area contributed by atoms with E-state index in [2.05, 4.69) is 32.6 Å². The predicted molar refractivity (Wildman–Crippen MR) is 80.3 cm³/mol. The monoisotopic (exact) mass is 327 g/mol. The summed E-state index contributed by atoms with van der Waals surface area (Å²) in [6.07, 6.45) is 0. The third-order valence-corrected chi connectivity index (χ3v) is 3.66. The average Bonchev–Trinajstić information content (AvgIpc) is 2.75. The van der Waals surface area contributed by atoms with Crippen LogP contribution in [0, 0.1) is 11.3 Å². The number of nitrogens with one attached hydrogen (secondary N) is 2. The fourth-order valence-corrected chi connectivity index (χ4v) is 2.55. The number of anilines is 2. The number of nitriles is 1. The van der Waals surface area contributed by atoms with Gasteiger partial charge in [0, 0.05) is 21.4 Å². The molecule has 2 N–H and O–H groups in total. The Kier molecular flexibility index (Phi) is 3.17. The van der Waals surface area contributed by atoms with Gasteiger partial charge < -0.3 is 10.6 Å². The van der Waals surface area contributed by atoms with Crippen LogP contribution in [0.3, 0.4) is 0 Å². The zero-order chi connectivity index (χ0) is 14.1. The molecule has 1 atom stereocenters. The van der Waals surface area contributed by atoms with Crippen molar-refractivity contribution in [1.82, 2.24) is 0 Å². The summed E-state index contributed by atoms with van der Waals surface area (Å²) >= 11 is 3.39. The first-order chi connectivity index (χ1) is 9.67. The van der Waals surface area contributed by atoms with Crippen LogP contribution in [0.15, 0.2) is 46.9 Å². The van der Waals surface area contributed by atoms with Gasteiger partial charge in [-0.25, -0.2) is 0 Å². The molecule has 1 amide bonds. The van der Waals surface area contributed by atoms with Crippen molar-refractivity contribution in [3.8, 4) is 6.07 Å². The molecule has 3 rings (SSSR count). The fraction of sp³-hybridized carbons (Fsp3) is 0.0667. The van der Waals surface area contributed by atoms with Crippen molar-refractivity contribution in [3.05, 3.63) is 58.1 Å². The molecule has 2 aromatic carbocycles. The quantitative estimate of drug-likeness (QED) is 0.888. The topological polar surface area (TPSA) is 64.9 Å². The molecule has 20 heavy (non-hydrogen) atoms. The second kappa shape index (κ2) is 4.99. The van der Waals surface area contributed by atoms with Crippen molar-refractivity contribution in [3.63, 3.8) is 0 Å². The van der Waals surface area contributed by atoms with Crippen molar-refractivity contribution in [2.24, 2.45) is 0 Å². The molecule has 1 aliphatic rings. The summed E-state index contributed by atoms with van der Waals surface area (Å²) in [6.45, 7) is 0. The van der Waals surface area contributed by atoms with E-state index in [0.29, 0.717) is 5.56 Å². The molecule has 1 aliphatic heterocycles. The number of hydrogen-bond acceptors (Lipinski definition) is 3. The SMILES string of the molecule is N#Cc1ccc(NC2C(=O)Nc3cc(Br)ccc32)cc1. The lowest BCUT2D eigenvalue weighted by Gasteiger charge is -2.13. The van der Waals surface area contributed by atoms with Crippen molar-refractivity contribution in [2.75, 3.05) is 10.6 Å². The highest BCUT2D eigenvalue weighted by Gasteiger charge is 2.30. The van der Waals surface area contributed by atoms with Gasteiger partial charge in [-0.1, -0.05) is 22.0 Å². The third kappa shape index (κ3) is 2.26. The molecule has 98 valence electrons. The van der Waals surface area contributed by atoms with E-state index in [4.69, 9.17) is 5.26 Å². The van der Waals surface area contributed by atoms with E-state index in [9.17, 15) is 4.79 Å². The molecule has 1 unspecified atom stereocenters. The van der Waals surface area contributed by atoms with E-state index in [1.807, 2.05) is 18.2 Å². The Hall–Kier alpha value is -2.32. The first kappa shape index (κ1) is 12.7. The van der Waals surface area contributed by atoms with Crippen LogP contribution in [0.1, 0.15) is 17.2 Å². The molecule has 4 nitrogen and oxygen atoms in total. The van der Waals surface area contributed by atoms with Gasteiger partial charge in [-0.3, -0.25) is 4.79 Å². The molecule has 0 radical (unpaired) electrons. The average molecular weight is 328 g/mol. The predicted octanol–water partition coefficient (Wildman–Crippen LogP) is 3.43. The van der Waals surface area contributed by atoms with Crippen LogP contribution in [0.4, 0.5) is 11.4 Å². The summed E-state index contributed by atoms with van der Waals surface area (Å²) in [5.74, 6) is -0.0811. The zero-order valence-corrected chi connectivity index (χ0v) is 11.9. The Morgan fingerprint density at radius 2 is 1.95 bits per heavy atom. The molecule has 0 saturated heterocycles. The van der Waals surface area contributed by atoms with Gasteiger partial charge in [0.2, 0.25) is 0 Å². The first-order valence-electron chi connectivity index (χ1n) is 6.04. The number of benzene rings is 2. The third-order valence-electron chi connectivity index (χ3n) is 3.17. The molecule has 0 bridgehead atoms. The highest BCUT2D eigenvalue weighted by Crippen LogP contribution is 2.35. The lowest BCUT2D eigenvalue weighted by Crippen LogP contribution is -2.19. The van der Waals surface area contributed by atoms with E-state index in [1.165, 1.54) is 0 Å². The minimum atomic E-state index is -0.411. The molecule has 0 aliphatic carbocycles. The number of nitrogens with zero attached hydrogens (tertiary/aromatic N) is 1. The maximum absolute atomic E-state index is 12.0. The van der Waals surface area contributed by atoms with Crippen LogP contribution < -0.4 is 10.6 Å². The number of rotatable bonds is 2. The van der Waals surface area contributed by atoms with Crippen LogP contribution in [0.25, 0.3) is 0 Å². The number of carbonyl (C=O) groups excluding carboxylic acids is 1. The first-order valence-corrected chi connectivity index (χ1v) is 6.84.